The Balaban J connectivity index is 4.62. The highest BCUT2D eigenvalue weighted by Gasteiger charge is 2.27. The standard InChI is InChI=1S/C44H63O10P/c1-3-5-7-9-11-13-15-17-18-19-20-21-22-24-25-27-29-31-33-35-43(47)51-39-42(40-53-55(49,50)52-38-41(46)37-45)54-44(48)36-34-32-30-28-26-23-16-14-12-10-8-6-4-2/h5-26,28,30,41-42,45-46H,3-4,27,29,31-40H2,1-2H3,(H,49,50)/b7-5+,8-6+,11-9+,12-10+,15-13+,16-14+,18-17+,20-19+,22-21+,25-24+,26-23+,30-28+/t41-,42?/m1/s1. The number of allylic oxidation sites excluding steroid dienone is 24. The zero-order valence-electron chi connectivity index (χ0n) is 32.6. The molecule has 10 nitrogen and oxygen atoms in total. The van der Waals surface area contributed by atoms with Crippen LogP contribution in [0.25, 0.3) is 0 Å². The summed E-state index contributed by atoms with van der Waals surface area (Å²) in [4.78, 5) is 34.8. The molecule has 0 aliphatic carbocycles. The molecule has 55 heavy (non-hydrogen) atoms. The van der Waals surface area contributed by atoms with Crippen LogP contribution in [0.4, 0.5) is 0 Å². The van der Waals surface area contributed by atoms with Gasteiger partial charge in [0.15, 0.2) is 6.10 Å². The molecule has 0 aliphatic heterocycles. The topological polar surface area (TPSA) is 149 Å². The van der Waals surface area contributed by atoms with E-state index in [1.54, 1.807) is 0 Å². The molecule has 0 fully saturated rings. The van der Waals surface area contributed by atoms with Crippen LogP contribution in [0.1, 0.15) is 78.1 Å². The van der Waals surface area contributed by atoms with E-state index in [-0.39, 0.29) is 19.4 Å². The number of aliphatic hydroxyl groups is 2. The Hall–Kier alpha value is -4.15. The number of hydrogen-bond donors (Lipinski definition) is 3. The molecule has 0 amide bonds. The predicted molar refractivity (Wildman–Crippen MR) is 223 cm³/mol. The van der Waals surface area contributed by atoms with Crippen LogP contribution in [-0.4, -0.2) is 65.7 Å². The van der Waals surface area contributed by atoms with Crippen molar-refractivity contribution in [2.75, 3.05) is 26.4 Å². The summed E-state index contributed by atoms with van der Waals surface area (Å²) >= 11 is 0. The Morgan fingerprint density at radius 1 is 0.545 bits per heavy atom. The molecule has 3 N–H and O–H groups in total. The summed E-state index contributed by atoms with van der Waals surface area (Å²) in [6, 6.07) is 0. The minimum atomic E-state index is -4.66. The quantitative estimate of drug-likeness (QED) is 0.0261. The fourth-order valence-corrected chi connectivity index (χ4v) is 4.73. The average molecular weight is 783 g/mol. The number of carbonyl (C=O) groups is 2. The van der Waals surface area contributed by atoms with Gasteiger partial charge in [0, 0.05) is 12.8 Å². The molecule has 0 spiro atoms. The number of aliphatic hydroxyl groups excluding tert-OH is 2. The van der Waals surface area contributed by atoms with Gasteiger partial charge in [0.25, 0.3) is 0 Å². The van der Waals surface area contributed by atoms with Gasteiger partial charge in [-0.3, -0.25) is 18.6 Å². The first-order valence-electron chi connectivity index (χ1n) is 19.0. The van der Waals surface area contributed by atoms with Crippen molar-refractivity contribution in [1.29, 1.82) is 0 Å². The van der Waals surface area contributed by atoms with E-state index in [1.165, 1.54) is 0 Å². The van der Waals surface area contributed by atoms with Crippen molar-refractivity contribution in [2.45, 2.75) is 90.3 Å². The maximum absolute atomic E-state index is 12.5. The summed E-state index contributed by atoms with van der Waals surface area (Å²) in [5.74, 6) is -1.09. The first-order chi connectivity index (χ1) is 26.7. The first kappa shape index (κ1) is 50.9. The van der Waals surface area contributed by atoms with E-state index in [4.69, 9.17) is 19.1 Å². The van der Waals surface area contributed by atoms with Crippen molar-refractivity contribution in [1.82, 2.24) is 0 Å². The first-order valence-corrected chi connectivity index (χ1v) is 20.5. The third-order valence-corrected chi connectivity index (χ3v) is 7.76. The zero-order chi connectivity index (χ0) is 40.5. The smallest absolute Gasteiger partial charge is 0.462 e. The van der Waals surface area contributed by atoms with Crippen molar-refractivity contribution < 1.29 is 47.8 Å². The molecular formula is C44H63O10P. The third-order valence-electron chi connectivity index (χ3n) is 6.81. The van der Waals surface area contributed by atoms with Crippen LogP contribution < -0.4 is 0 Å². The van der Waals surface area contributed by atoms with Crippen LogP contribution in [0, 0.1) is 0 Å². The number of phosphoric acid groups is 1. The van der Waals surface area contributed by atoms with Gasteiger partial charge in [-0.05, 0) is 44.9 Å². The lowest BCUT2D eigenvalue weighted by atomic mass is 10.1. The Morgan fingerprint density at radius 2 is 0.964 bits per heavy atom. The van der Waals surface area contributed by atoms with E-state index >= 15 is 0 Å². The van der Waals surface area contributed by atoms with E-state index < -0.39 is 51.8 Å². The van der Waals surface area contributed by atoms with Crippen LogP contribution in [-0.2, 0) is 32.7 Å². The average Bonchev–Trinajstić information content (AvgIpc) is 3.17. The maximum atomic E-state index is 12.5. The van der Waals surface area contributed by atoms with E-state index in [9.17, 15) is 24.2 Å². The monoisotopic (exact) mass is 782 g/mol. The van der Waals surface area contributed by atoms with Crippen molar-refractivity contribution in [3.05, 3.63) is 146 Å². The summed E-state index contributed by atoms with van der Waals surface area (Å²) in [7, 11) is -4.66. The van der Waals surface area contributed by atoms with Gasteiger partial charge in [0.05, 0.1) is 19.8 Å². The second-order valence-corrected chi connectivity index (χ2v) is 13.2. The predicted octanol–water partition coefficient (Wildman–Crippen LogP) is 9.54. The molecule has 0 rings (SSSR count). The molecule has 2 unspecified atom stereocenters. The Kier molecular flexibility index (Phi) is 35.3. The summed E-state index contributed by atoms with van der Waals surface area (Å²) in [5.41, 5.74) is 0. The molecule has 11 heteroatoms. The van der Waals surface area contributed by atoms with Gasteiger partial charge in [-0.25, -0.2) is 4.57 Å². The third kappa shape index (κ3) is 37.9. The van der Waals surface area contributed by atoms with Crippen molar-refractivity contribution >= 4 is 19.8 Å². The second kappa shape index (κ2) is 38.1. The van der Waals surface area contributed by atoms with Gasteiger partial charge in [-0.15, -0.1) is 0 Å². The van der Waals surface area contributed by atoms with E-state index in [0.717, 1.165) is 32.1 Å². The van der Waals surface area contributed by atoms with Crippen LogP contribution >= 0.6 is 7.82 Å². The molecule has 0 aromatic heterocycles. The molecule has 0 heterocycles. The molecule has 0 aromatic carbocycles. The number of unbranched alkanes of at least 4 members (excludes halogenated alkanes) is 4. The van der Waals surface area contributed by atoms with Gasteiger partial charge in [-0.2, -0.15) is 0 Å². The van der Waals surface area contributed by atoms with Crippen molar-refractivity contribution in [3.63, 3.8) is 0 Å². The highest BCUT2D eigenvalue weighted by atomic mass is 31.2. The SMILES string of the molecule is CC/C=C/C=C/C=C/C=C/C=C/C=C/C=C/CCCCCC(=O)OCC(COP(=O)(O)OC[C@H](O)CO)OC(=O)CCC/C=C/C=C/C=C/C=C/C=C/CC. The Bertz CT molecular complexity index is 1410. The molecular weight excluding hydrogens is 719 g/mol. The van der Waals surface area contributed by atoms with E-state index in [0.29, 0.717) is 19.3 Å². The van der Waals surface area contributed by atoms with Crippen LogP contribution in [0.3, 0.4) is 0 Å². The molecule has 0 saturated carbocycles. The maximum Gasteiger partial charge on any atom is 0.472 e. The van der Waals surface area contributed by atoms with Gasteiger partial charge < -0.3 is 24.6 Å². The van der Waals surface area contributed by atoms with Gasteiger partial charge in [0.1, 0.15) is 12.7 Å². The van der Waals surface area contributed by atoms with Gasteiger partial charge >= 0.3 is 19.8 Å². The molecule has 0 saturated heterocycles. The summed E-state index contributed by atoms with van der Waals surface area (Å²) < 4.78 is 32.4. The second-order valence-electron chi connectivity index (χ2n) is 11.8. The normalized spacial score (nSPS) is 15.5. The van der Waals surface area contributed by atoms with Gasteiger partial charge in [0.2, 0.25) is 0 Å². The Labute approximate surface area is 329 Å². The number of rotatable bonds is 32. The van der Waals surface area contributed by atoms with Crippen LogP contribution in [0.5, 0.6) is 0 Å². The number of carbonyl (C=O) groups excluding carboxylic acids is 2. The lowest BCUT2D eigenvalue weighted by Crippen LogP contribution is -2.29. The van der Waals surface area contributed by atoms with E-state index in [1.807, 2.05) is 128 Å². The highest BCUT2D eigenvalue weighted by molar-refractivity contribution is 7.47. The lowest BCUT2D eigenvalue weighted by molar-refractivity contribution is -0.161. The minimum absolute atomic E-state index is 0.0660. The largest absolute Gasteiger partial charge is 0.472 e. The summed E-state index contributed by atoms with van der Waals surface area (Å²) in [5, 5.41) is 18.3. The number of hydrogen-bond acceptors (Lipinski definition) is 9. The molecule has 0 aromatic rings. The van der Waals surface area contributed by atoms with Crippen molar-refractivity contribution in [3.8, 4) is 0 Å². The Morgan fingerprint density at radius 3 is 1.44 bits per heavy atom. The number of phosphoric ester groups is 1. The number of ether oxygens (including phenoxy) is 2. The highest BCUT2D eigenvalue weighted by Crippen LogP contribution is 2.43. The summed E-state index contributed by atoms with van der Waals surface area (Å²) in [6.07, 6.45) is 51.1. The minimum Gasteiger partial charge on any atom is -0.462 e. The van der Waals surface area contributed by atoms with Crippen LogP contribution in [0.2, 0.25) is 0 Å². The fourth-order valence-electron chi connectivity index (χ4n) is 3.94. The van der Waals surface area contributed by atoms with Crippen LogP contribution in [0.15, 0.2) is 146 Å². The molecule has 304 valence electrons. The van der Waals surface area contributed by atoms with Crippen molar-refractivity contribution in [2.24, 2.45) is 0 Å². The molecule has 3 atom stereocenters. The fraction of sp³-hybridized carbons (Fsp3) is 0.409. The zero-order valence-corrected chi connectivity index (χ0v) is 33.5. The lowest BCUT2D eigenvalue weighted by Gasteiger charge is -2.20. The summed E-state index contributed by atoms with van der Waals surface area (Å²) in [6.45, 7) is 1.88. The molecule has 0 aliphatic rings. The molecule has 0 bridgehead atoms. The van der Waals surface area contributed by atoms with Gasteiger partial charge in [-0.1, -0.05) is 166 Å². The van der Waals surface area contributed by atoms with E-state index in [2.05, 4.69) is 36.6 Å². The number of esters is 2. The molecule has 0 radical (unpaired) electrons.